The van der Waals surface area contributed by atoms with Gasteiger partial charge in [-0.15, -0.1) is 0 Å². The molecule has 0 spiro atoms. The van der Waals surface area contributed by atoms with Crippen LogP contribution in [0.1, 0.15) is 11.1 Å². The number of hydrogen-bond donors (Lipinski definition) is 1. The molecule has 7 heteroatoms. The van der Waals surface area contributed by atoms with Crippen molar-refractivity contribution in [3.63, 3.8) is 0 Å². The molecule has 0 unspecified atom stereocenters. The third-order valence-corrected chi connectivity index (χ3v) is 5.80. The summed E-state index contributed by atoms with van der Waals surface area (Å²) in [5.41, 5.74) is 2.19. The fourth-order valence-electron chi connectivity index (χ4n) is 2.91. The van der Waals surface area contributed by atoms with E-state index < -0.39 is 16.1 Å². The molecule has 2 amide bonds. The fourth-order valence-corrected chi connectivity index (χ4v) is 3.88. The average Bonchev–Trinajstić information content (AvgIpc) is 2.63. The molecule has 0 aliphatic carbocycles. The van der Waals surface area contributed by atoms with Gasteiger partial charge in [-0.3, -0.25) is 4.90 Å². The summed E-state index contributed by atoms with van der Waals surface area (Å²) in [5, 5.41) is 0. The molecule has 3 rings (SSSR count). The lowest BCUT2D eigenvalue weighted by Gasteiger charge is -2.34. The maximum atomic E-state index is 12.3. The van der Waals surface area contributed by atoms with Gasteiger partial charge in [0, 0.05) is 32.7 Å². The van der Waals surface area contributed by atoms with Gasteiger partial charge in [-0.05, 0) is 24.6 Å². The second-order valence-corrected chi connectivity index (χ2v) is 8.15. The molecule has 1 saturated heterocycles. The van der Waals surface area contributed by atoms with Gasteiger partial charge in [0.2, 0.25) is 0 Å². The van der Waals surface area contributed by atoms with Crippen LogP contribution in [0, 0.1) is 6.92 Å². The van der Waals surface area contributed by atoms with Crippen LogP contribution in [0.3, 0.4) is 0 Å². The van der Waals surface area contributed by atoms with Gasteiger partial charge < -0.3 is 4.90 Å². The van der Waals surface area contributed by atoms with Gasteiger partial charge in [0.25, 0.3) is 10.0 Å². The molecule has 0 saturated carbocycles. The van der Waals surface area contributed by atoms with E-state index in [1.807, 2.05) is 25.1 Å². The Morgan fingerprint density at radius 1 is 0.962 bits per heavy atom. The van der Waals surface area contributed by atoms with Crippen molar-refractivity contribution in [2.24, 2.45) is 0 Å². The highest BCUT2D eigenvalue weighted by atomic mass is 32.2. The Morgan fingerprint density at radius 3 is 2.19 bits per heavy atom. The van der Waals surface area contributed by atoms with Crippen LogP contribution in [0.4, 0.5) is 4.79 Å². The lowest BCUT2D eigenvalue weighted by molar-refractivity contribution is 0.138. The predicted octanol–water partition coefficient (Wildman–Crippen LogP) is 2.21. The number of benzene rings is 2. The molecular formula is C19H23N3O3S. The Balaban J connectivity index is 1.54. The third-order valence-electron chi connectivity index (χ3n) is 4.46. The van der Waals surface area contributed by atoms with Crippen molar-refractivity contribution in [2.75, 3.05) is 26.2 Å². The minimum atomic E-state index is -3.84. The summed E-state index contributed by atoms with van der Waals surface area (Å²) in [7, 11) is -3.84. The van der Waals surface area contributed by atoms with E-state index in [4.69, 9.17) is 0 Å². The summed E-state index contributed by atoms with van der Waals surface area (Å²) in [6.07, 6.45) is 0. The van der Waals surface area contributed by atoms with Crippen LogP contribution in [0.15, 0.2) is 59.5 Å². The third kappa shape index (κ3) is 4.62. The molecule has 1 N–H and O–H groups in total. The number of rotatable bonds is 4. The van der Waals surface area contributed by atoms with Crippen LogP contribution in [0.25, 0.3) is 0 Å². The van der Waals surface area contributed by atoms with Gasteiger partial charge in [-0.2, -0.15) is 0 Å². The van der Waals surface area contributed by atoms with Crippen LogP contribution in [-0.2, 0) is 16.6 Å². The Kier molecular flexibility index (Phi) is 5.58. The van der Waals surface area contributed by atoms with Crippen LogP contribution >= 0.6 is 0 Å². The van der Waals surface area contributed by atoms with Crippen LogP contribution in [0.5, 0.6) is 0 Å². The van der Waals surface area contributed by atoms with E-state index in [0.29, 0.717) is 26.2 Å². The number of sulfonamides is 1. The molecule has 0 aromatic heterocycles. The van der Waals surface area contributed by atoms with Gasteiger partial charge in [0.1, 0.15) is 0 Å². The predicted molar refractivity (Wildman–Crippen MR) is 100 cm³/mol. The summed E-state index contributed by atoms with van der Waals surface area (Å²) in [5.74, 6) is 0. The van der Waals surface area contributed by atoms with Crippen molar-refractivity contribution in [3.8, 4) is 0 Å². The molecule has 138 valence electrons. The van der Waals surface area contributed by atoms with E-state index in [9.17, 15) is 13.2 Å². The fraction of sp³-hybridized carbons (Fsp3) is 0.316. The molecule has 0 atom stereocenters. The second kappa shape index (κ2) is 7.88. The van der Waals surface area contributed by atoms with E-state index in [0.717, 1.165) is 12.1 Å². The number of urea groups is 1. The summed E-state index contributed by atoms with van der Waals surface area (Å²) < 4.78 is 26.8. The van der Waals surface area contributed by atoms with Crippen molar-refractivity contribution in [1.29, 1.82) is 0 Å². The SMILES string of the molecule is Cc1ccc(S(=O)(=O)NC(=O)N2CCN(Cc3ccccc3)CC2)cc1. The zero-order valence-corrected chi connectivity index (χ0v) is 15.6. The Bertz CT molecular complexity index is 843. The molecule has 1 aliphatic rings. The summed E-state index contributed by atoms with van der Waals surface area (Å²) in [6, 6.07) is 16.0. The van der Waals surface area contributed by atoms with E-state index in [1.165, 1.54) is 17.7 Å². The van der Waals surface area contributed by atoms with E-state index in [1.54, 1.807) is 17.0 Å². The monoisotopic (exact) mass is 373 g/mol. The maximum Gasteiger partial charge on any atom is 0.331 e. The molecule has 1 fully saturated rings. The van der Waals surface area contributed by atoms with Crippen molar-refractivity contribution in [2.45, 2.75) is 18.4 Å². The molecule has 2 aromatic rings. The lowest BCUT2D eigenvalue weighted by Crippen LogP contribution is -2.52. The lowest BCUT2D eigenvalue weighted by atomic mass is 10.2. The van der Waals surface area contributed by atoms with Gasteiger partial charge in [-0.1, -0.05) is 48.0 Å². The first-order valence-electron chi connectivity index (χ1n) is 8.59. The van der Waals surface area contributed by atoms with Crippen molar-refractivity contribution >= 4 is 16.1 Å². The molecule has 0 bridgehead atoms. The highest BCUT2D eigenvalue weighted by Crippen LogP contribution is 2.12. The first-order valence-corrected chi connectivity index (χ1v) is 10.1. The quantitative estimate of drug-likeness (QED) is 0.892. The Hall–Kier alpha value is -2.38. The first kappa shape index (κ1) is 18.4. The zero-order chi connectivity index (χ0) is 18.6. The number of hydrogen-bond acceptors (Lipinski definition) is 4. The van der Waals surface area contributed by atoms with Gasteiger partial charge in [0.15, 0.2) is 0 Å². The number of aryl methyl sites for hydroxylation is 1. The molecule has 6 nitrogen and oxygen atoms in total. The number of carbonyl (C=O) groups excluding carboxylic acids is 1. The van der Waals surface area contributed by atoms with Crippen LogP contribution in [-0.4, -0.2) is 50.4 Å². The maximum absolute atomic E-state index is 12.3. The van der Waals surface area contributed by atoms with Crippen LogP contribution < -0.4 is 4.72 Å². The molecule has 2 aromatic carbocycles. The van der Waals surface area contributed by atoms with E-state index in [-0.39, 0.29) is 4.90 Å². The normalized spacial score (nSPS) is 15.7. The topological polar surface area (TPSA) is 69.7 Å². The minimum absolute atomic E-state index is 0.0964. The van der Waals surface area contributed by atoms with Crippen molar-refractivity contribution in [1.82, 2.24) is 14.5 Å². The number of carbonyl (C=O) groups is 1. The molecule has 1 aliphatic heterocycles. The number of nitrogens with zero attached hydrogens (tertiary/aromatic N) is 2. The van der Waals surface area contributed by atoms with Crippen molar-refractivity contribution in [3.05, 3.63) is 65.7 Å². The van der Waals surface area contributed by atoms with E-state index >= 15 is 0 Å². The Labute approximate surface area is 154 Å². The smallest absolute Gasteiger partial charge is 0.321 e. The second-order valence-electron chi connectivity index (χ2n) is 6.47. The van der Waals surface area contributed by atoms with Gasteiger partial charge >= 0.3 is 6.03 Å². The molecular weight excluding hydrogens is 350 g/mol. The van der Waals surface area contributed by atoms with Gasteiger partial charge in [0.05, 0.1) is 4.90 Å². The largest absolute Gasteiger partial charge is 0.331 e. The molecule has 1 heterocycles. The Morgan fingerprint density at radius 2 is 1.58 bits per heavy atom. The summed E-state index contributed by atoms with van der Waals surface area (Å²) in [4.78, 5) is 16.2. The molecule has 26 heavy (non-hydrogen) atoms. The van der Waals surface area contributed by atoms with Gasteiger partial charge in [-0.25, -0.2) is 17.9 Å². The zero-order valence-electron chi connectivity index (χ0n) is 14.8. The van der Waals surface area contributed by atoms with Crippen LogP contribution in [0.2, 0.25) is 0 Å². The van der Waals surface area contributed by atoms with Crippen molar-refractivity contribution < 1.29 is 13.2 Å². The number of amides is 2. The number of nitrogens with one attached hydrogen (secondary N) is 1. The highest BCUT2D eigenvalue weighted by molar-refractivity contribution is 7.90. The standard InChI is InChI=1S/C19H23N3O3S/c1-16-7-9-18(10-8-16)26(24,25)20-19(23)22-13-11-21(12-14-22)15-17-5-3-2-4-6-17/h2-10H,11-15H2,1H3,(H,20,23). The average molecular weight is 373 g/mol. The highest BCUT2D eigenvalue weighted by Gasteiger charge is 2.25. The molecule has 0 radical (unpaired) electrons. The number of piperazine rings is 1. The minimum Gasteiger partial charge on any atom is -0.321 e. The van der Waals surface area contributed by atoms with E-state index in [2.05, 4.69) is 21.8 Å². The summed E-state index contributed by atoms with van der Waals surface area (Å²) in [6.45, 7) is 5.14. The first-order chi connectivity index (χ1) is 12.4. The summed E-state index contributed by atoms with van der Waals surface area (Å²) >= 11 is 0.